The van der Waals surface area contributed by atoms with E-state index in [4.69, 9.17) is 0 Å². The number of benzene rings is 2. The number of nitro groups is 1. The van der Waals surface area contributed by atoms with E-state index < -0.39 is 32.1 Å². The van der Waals surface area contributed by atoms with Crippen molar-refractivity contribution in [3.8, 4) is 0 Å². The summed E-state index contributed by atoms with van der Waals surface area (Å²) in [6.45, 7) is 1.30. The number of non-ortho nitro benzene ring substituents is 1. The molecule has 2 rings (SSSR count). The highest BCUT2D eigenvalue weighted by Gasteiger charge is 2.19. The molecule has 24 heavy (non-hydrogen) atoms. The van der Waals surface area contributed by atoms with Crippen molar-refractivity contribution >= 4 is 33.0 Å². The van der Waals surface area contributed by atoms with E-state index in [9.17, 15) is 27.7 Å². The summed E-state index contributed by atoms with van der Waals surface area (Å²) in [5.74, 6) is -1.26. The molecule has 0 bridgehead atoms. The number of amides is 1. The van der Waals surface area contributed by atoms with Gasteiger partial charge < -0.3 is 5.32 Å². The van der Waals surface area contributed by atoms with E-state index in [0.29, 0.717) is 5.69 Å². The van der Waals surface area contributed by atoms with Gasteiger partial charge in [0.1, 0.15) is 5.82 Å². The molecule has 1 amide bonds. The minimum absolute atomic E-state index is 0.192. The van der Waals surface area contributed by atoms with Gasteiger partial charge in [-0.3, -0.25) is 19.6 Å². The number of nitrogens with one attached hydrogen (secondary N) is 2. The van der Waals surface area contributed by atoms with E-state index in [1.54, 1.807) is 0 Å². The van der Waals surface area contributed by atoms with Gasteiger partial charge in [-0.05, 0) is 30.3 Å². The summed E-state index contributed by atoms with van der Waals surface area (Å²) >= 11 is 0. The molecule has 0 saturated heterocycles. The normalized spacial score (nSPS) is 10.9. The number of hydrogen-bond acceptors (Lipinski definition) is 5. The Hall–Kier alpha value is -3.01. The van der Waals surface area contributed by atoms with Crippen molar-refractivity contribution in [2.75, 3.05) is 10.0 Å². The molecule has 0 radical (unpaired) electrons. The predicted octanol–water partition coefficient (Wildman–Crippen LogP) is 2.49. The highest BCUT2D eigenvalue weighted by molar-refractivity contribution is 7.92. The van der Waals surface area contributed by atoms with Gasteiger partial charge >= 0.3 is 0 Å². The fraction of sp³-hybridized carbons (Fsp3) is 0.0714. The molecule has 8 nitrogen and oxygen atoms in total. The maximum atomic E-state index is 13.7. The first kappa shape index (κ1) is 17.3. The lowest BCUT2D eigenvalue weighted by Crippen LogP contribution is -2.14. The number of halogens is 1. The van der Waals surface area contributed by atoms with Crippen LogP contribution in [0.3, 0.4) is 0 Å². The molecular formula is C14H12FN3O5S. The summed E-state index contributed by atoms with van der Waals surface area (Å²) in [6.07, 6.45) is 0. The van der Waals surface area contributed by atoms with Crippen molar-refractivity contribution in [1.82, 2.24) is 0 Å². The van der Waals surface area contributed by atoms with Gasteiger partial charge in [0.05, 0.1) is 15.5 Å². The lowest BCUT2D eigenvalue weighted by Gasteiger charge is -2.09. The Labute approximate surface area is 136 Å². The van der Waals surface area contributed by atoms with E-state index in [0.717, 1.165) is 18.2 Å². The Morgan fingerprint density at radius 1 is 1.17 bits per heavy atom. The summed E-state index contributed by atoms with van der Waals surface area (Å²) in [5.41, 5.74) is -0.590. The molecular weight excluding hydrogens is 341 g/mol. The molecule has 126 valence electrons. The number of hydrogen-bond donors (Lipinski definition) is 2. The average molecular weight is 353 g/mol. The van der Waals surface area contributed by atoms with Crippen molar-refractivity contribution in [1.29, 1.82) is 0 Å². The van der Waals surface area contributed by atoms with Crippen LogP contribution in [0.15, 0.2) is 47.4 Å². The Morgan fingerprint density at radius 3 is 2.33 bits per heavy atom. The van der Waals surface area contributed by atoms with E-state index in [2.05, 4.69) is 5.32 Å². The molecule has 0 fully saturated rings. The van der Waals surface area contributed by atoms with Crippen LogP contribution in [0.25, 0.3) is 0 Å². The molecule has 2 aromatic rings. The summed E-state index contributed by atoms with van der Waals surface area (Å²) in [4.78, 5) is 20.7. The van der Waals surface area contributed by atoms with Gasteiger partial charge in [-0.15, -0.1) is 0 Å². The van der Waals surface area contributed by atoms with Crippen LogP contribution in [0.1, 0.15) is 6.92 Å². The third kappa shape index (κ3) is 4.04. The van der Waals surface area contributed by atoms with Gasteiger partial charge in [-0.25, -0.2) is 12.8 Å². The predicted molar refractivity (Wildman–Crippen MR) is 84.6 cm³/mol. The zero-order valence-electron chi connectivity index (χ0n) is 12.3. The second-order valence-electron chi connectivity index (χ2n) is 4.73. The van der Waals surface area contributed by atoms with Gasteiger partial charge in [-0.1, -0.05) is 0 Å². The number of carbonyl (C=O) groups excluding carboxylic acids is 1. The molecule has 10 heteroatoms. The maximum absolute atomic E-state index is 13.7. The summed E-state index contributed by atoms with van der Waals surface area (Å²) < 4.78 is 40.1. The summed E-state index contributed by atoms with van der Waals surface area (Å²) in [7, 11) is -4.15. The molecule has 0 aromatic heterocycles. The molecule has 2 aromatic carbocycles. The van der Waals surface area contributed by atoms with Crippen molar-refractivity contribution in [2.24, 2.45) is 0 Å². The van der Waals surface area contributed by atoms with Crippen LogP contribution in [-0.2, 0) is 14.8 Å². The van der Waals surface area contributed by atoms with Crippen molar-refractivity contribution in [3.63, 3.8) is 0 Å². The summed E-state index contributed by atoms with van der Waals surface area (Å²) in [6, 6.07) is 7.66. The first-order valence-corrected chi connectivity index (χ1v) is 8.02. The van der Waals surface area contributed by atoms with Crippen LogP contribution in [0.2, 0.25) is 0 Å². The lowest BCUT2D eigenvalue weighted by atomic mass is 10.3. The first-order valence-electron chi connectivity index (χ1n) is 6.53. The van der Waals surface area contributed by atoms with Gasteiger partial charge in [0.2, 0.25) is 5.91 Å². The Morgan fingerprint density at radius 2 is 1.79 bits per heavy atom. The van der Waals surface area contributed by atoms with Crippen LogP contribution < -0.4 is 10.0 Å². The lowest BCUT2D eigenvalue weighted by molar-refractivity contribution is -0.384. The van der Waals surface area contributed by atoms with Crippen LogP contribution >= 0.6 is 0 Å². The minimum atomic E-state index is -4.15. The number of sulfonamides is 1. The quantitative estimate of drug-likeness (QED) is 0.632. The first-order chi connectivity index (χ1) is 11.2. The SMILES string of the molecule is CC(=O)Nc1ccc(S(=O)(=O)Nc2cc([N+](=O)[O-])ccc2F)cc1. The topological polar surface area (TPSA) is 118 Å². The number of nitrogens with zero attached hydrogens (tertiary/aromatic N) is 1. The Kier molecular flexibility index (Phi) is 4.79. The van der Waals surface area contributed by atoms with Gasteiger partial charge in [-0.2, -0.15) is 0 Å². The van der Waals surface area contributed by atoms with E-state index in [1.807, 2.05) is 4.72 Å². The van der Waals surface area contributed by atoms with Crippen molar-refractivity contribution in [3.05, 3.63) is 58.4 Å². The van der Waals surface area contributed by atoms with Gasteiger partial charge in [0.25, 0.3) is 15.7 Å². The highest BCUT2D eigenvalue weighted by atomic mass is 32.2. The fourth-order valence-electron chi connectivity index (χ4n) is 1.83. The van der Waals surface area contributed by atoms with E-state index in [1.165, 1.54) is 31.2 Å². The largest absolute Gasteiger partial charge is 0.326 e. The van der Waals surface area contributed by atoms with Crippen LogP contribution in [0, 0.1) is 15.9 Å². The Balaban J connectivity index is 2.30. The number of anilines is 2. The molecule has 0 saturated carbocycles. The molecule has 0 spiro atoms. The molecule has 0 heterocycles. The number of rotatable bonds is 5. The molecule has 0 aliphatic carbocycles. The monoisotopic (exact) mass is 353 g/mol. The smallest absolute Gasteiger partial charge is 0.271 e. The zero-order valence-corrected chi connectivity index (χ0v) is 13.1. The average Bonchev–Trinajstić information content (AvgIpc) is 2.49. The van der Waals surface area contributed by atoms with Gasteiger partial charge in [0, 0.05) is 24.7 Å². The highest BCUT2D eigenvalue weighted by Crippen LogP contribution is 2.24. The number of nitro benzene ring substituents is 1. The molecule has 0 aliphatic heterocycles. The van der Waals surface area contributed by atoms with E-state index in [-0.39, 0.29) is 10.8 Å². The summed E-state index contributed by atoms with van der Waals surface area (Å²) in [5, 5.41) is 13.2. The molecule has 0 atom stereocenters. The van der Waals surface area contributed by atoms with Crippen LogP contribution in [-0.4, -0.2) is 19.2 Å². The Bertz CT molecular complexity index is 897. The molecule has 0 unspecified atom stereocenters. The zero-order chi connectivity index (χ0) is 17.9. The molecule has 0 aliphatic rings. The van der Waals surface area contributed by atoms with Crippen LogP contribution in [0.5, 0.6) is 0 Å². The van der Waals surface area contributed by atoms with E-state index >= 15 is 0 Å². The second kappa shape index (κ2) is 6.62. The third-order valence-electron chi connectivity index (χ3n) is 2.89. The maximum Gasteiger partial charge on any atom is 0.271 e. The van der Waals surface area contributed by atoms with Crippen LogP contribution in [0.4, 0.5) is 21.5 Å². The van der Waals surface area contributed by atoms with Gasteiger partial charge in [0.15, 0.2) is 0 Å². The van der Waals surface area contributed by atoms with Crippen molar-refractivity contribution < 1.29 is 22.5 Å². The second-order valence-corrected chi connectivity index (χ2v) is 6.41. The minimum Gasteiger partial charge on any atom is -0.326 e. The van der Waals surface area contributed by atoms with Crippen molar-refractivity contribution in [2.45, 2.75) is 11.8 Å². The standard InChI is InChI=1S/C14H12FN3O5S/c1-9(19)16-10-2-5-12(6-3-10)24(22,23)17-14-8-11(18(20)21)4-7-13(14)15/h2-8,17H,1H3,(H,16,19). The molecule has 2 N–H and O–H groups in total. The number of carbonyl (C=O) groups is 1. The third-order valence-corrected chi connectivity index (χ3v) is 4.27. The fourth-order valence-corrected chi connectivity index (χ4v) is 2.89.